The highest BCUT2D eigenvalue weighted by Gasteiger charge is 2.15. The third kappa shape index (κ3) is 3.34. The van der Waals surface area contributed by atoms with Crippen LogP contribution in [0.4, 0.5) is 0 Å². The second-order valence-electron chi connectivity index (χ2n) is 5.46. The molecule has 0 saturated heterocycles. The van der Waals surface area contributed by atoms with Gasteiger partial charge in [0.05, 0.1) is 5.52 Å². The normalized spacial score (nSPS) is 12.8. The maximum Gasteiger partial charge on any atom is 0.272 e. The molecule has 0 spiro atoms. The minimum atomic E-state index is -0.103. The van der Waals surface area contributed by atoms with Gasteiger partial charge in [0.1, 0.15) is 0 Å². The van der Waals surface area contributed by atoms with Gasteiger partial charge in [-0.25, -0.2) is 0 Å². The van der Waals surface area contributed by atoms with Gasteiger partial charge in [-0.15, -0.1) is 0 Å². The van der Waals surface area contributed by atoms with Gasteiger partial charge in [0.15, 0.2) is 5.69 Å². The minimum absolute atomic E-state index is 0.103. The fraction of sp³-hybridized carbons (Fsp3) is 0.467. The number of carbonyl (C=O) groups excluding carboxylic acids is 1. The Labute approximate surface area is 113 Å². The van der Waals surface area contributed by atoms with Crippen LogP contribution >= 0.6 is 0 Å². The van der Waals surface area contributed by atoms with E-state index in [2.05, 4.69) is 29.4 Å². The lowest BCUT2D eigenvalue weighted by molar-refractivity contribution is 0.0934. The van der Waals surface area contributed by atoms with Gasteiger partial charge in [0, 0.05) is 11.4 Å². The summed E-state index contributed by atoms with van der Waals surface area (Å²) in [6.45, 7) is 6.42. The molecular weight excluding hydrogens is 238 g/mol. The number of rotatable bonds is 5. The van der Waals surface area contributed by atoms with Crippen LogP contribution in [0, 0.1) is 5.92 Å². The molecule has 0 saturated carbocycles. The molecule has 0 aliphatic carbocycles. The van der Waals surface area contributed by atoms with Crippen molar-refractivity contribution in [3.05, 3.63) is 30.0 Å². The lowest BCUT2D eigenvalue weighted by atomic mass is 10.0. The molecule has 1 aromatic heterocycles. The number of nitrogens with zero attached hydrogens (tertiary/aromatic N) is 1. The van der Waals surface area contributed by atoms with E-state index in [1.807, 2.05) is 31.2 Å². The topological polar surface area (TPSA) is 57.8 Å². The number of nitrogens with one attached hydrogen (secondary N) is 2. The monoisotopic (exact) mass is 259 g/mol. The molecule has 2 aromatic rings. The first-order valence-corrected chi connectivity index (χ1v) is 6.82. The zero-order chi connectivity index (χ0) is 13.8. The van der Waals surface area contributed by atoms with Crippen LogP contribution in [0.25, 0.3) is 10.9 Å². The Morgan fingerprint density at radius 1 is 1.26 bits per heavy atom. The Morgan fingerprint density at radius 2 is 2.00 bits per heavy atom. The van der Waals surface area contributed by atoms with Crippen LogP contribution in [-0.2, 0) is 0 Å². The summed E-state index contributed by atoms with van der Waals surface area (Å²) in [6, 6.07) is 7.84. The van der Waals surface area contributed by atoms with Crippen molar-refractivity contribution in [3.63, 3.8) is 0 Å². The lowest BCUT2D eigenvalue weighted by Crippen LogP contribution is -2.33. The Hall–Kier alpha value is -1.84. The minimum Gasteiger partial charge on any atom is -0.348 e. The highest BCUT2D eigenvalue weighted by Crippen LogP contribution is 2.15. The summed E-state index contributed by atoms with van der Waals surface area (Å²) < 4.78 is 0. The molecule has 0 aliphatic rings. The molecule has 4 heteroatoms. The van der Waals surface area contributed by atoms with Crippen molar-refractivity contribution < 1.29 is 4.79 Å². The number of benzene rings is 1. The van der Waals surface area contributed by atoms with Crippen LogP contribution in [-0.4, -0.2) is 22.1 Å². The number of H-pyrrole nitrogens is 1. The maximum atomic E-state index is 12.2. The van der Waals surface area contributed by atoms with Crippen molar-refractivity contribution >= 4 is 16.8 Å². The van der Waals surface area contributed by atoms with Gasteiger partial charge in [0.2, 0.25) is 0 Å². The maximum absolute atomic E-state index is 12.2. The average Bonchev–Trinajstić information content (AvgIpc) is 2.80. The summed E-state index contributed by atoms with van der Waals surface area (Å²) in [5.41, 5.74) is 1.37. The largest absolute Gasteiger partial charge is 0.348 e. The summed E-state index contributed by atoms with van der Waals surface area (Å²) >= 11 is 0. The van der Waals surface area contributed by atoms with Crippen LogP contribution in [0.2, 0.25) is 0 Å². The Balaban J connectivity index is 2.04. The predicted octanol–water partition coefficient (Wildman–Crippen LogP) is 3.12. The van der Waals surface area contributed by atoms with E-state index in [0.717, 1.165) is 23.7 Å². The molecule has 0 aliphatic heterocycles. The van der Waals surface area contributed by atoms with Crippen molar-refractivity contribution in [2.75, 3.05) is 0 Å². The molecule has 102 valence electrons. The summed E-state index contributed by atoms with van der Waals surface area (Å²) in [5.74, 6) is 0.555. The molecule has 0 bridgehead atoms. The fourth-order valence-electron chi connectivity index (χ4n) is 2.08. The number of hydrogen-bond acceptors (Lipinski definition) is 2. The van der Waals surface area contributed by atoms with Gasteiger partial charge in [-0.05, 0) is 31.7 Å². The van der Waals surface area contributed by atoms with Gasteiger partial charge < -0.3 is 5.32 Å². The van der Waals surface area contributed by atoms with E-state index in [1.165, 1.54) is 0 Å². The Bertz CT molecular complexity index is 559. The van der Waals surface area contributed by atoms with E-state index in [0.29, 0.717) is 11.6 Å². The Morgan fingerprint density at radius 3 is 2.74 bits per heavy atom. The summed E-state index contributed by atoms with van der Waals surface area (Å²) in [6.07, 6.45) is 2.11. The summed E-state index contributed by atoms with van der Waals surface area (Å²) in [7, 11) is 0. The van der Waals surface area contributed by atoms with E-state index >= 15 is 0 Å². The first-order chi connectivity index (χ1) is 9.08. The molecule has 0 fully saturated rings. The predicted molar refractivity (Wildman–Crippen MR) is 77.1 cm³/mol. The molecule has 1 atom stereocenters. The molecule has 0 radical (unpaired) electrons. The summed E-state index contributed by atoms with van der Waals surface area (Å²) in [4.78, 5) is 12.2. The van der Waals surface area contributed by atoms with Gasteiger partial charge in [-0.2, -0.15) is 5.10 Å². The van der Waals surface area contributed by atoms with E-state index in [-0.39, 0.29) is 11.9 Å². The number of hydrogen-bond donors (Lipinski definition) is 2. The van der Waals surface area contributed by atoms with Gasteiger partial charge in [0.25, 0.3) is 5.91 Å². The number of amides is 1. The summed E-state index contributed by atoms with van der Waals surface area (Å²) in [5, 5.41) is 10.9. The van der Waals surface area contributed by atoms with E-state index < -0.39 is 0 Å². The van der Waals surface area contributed by atoms with Crippen LogP contribution < -0.4 is 5.32 Å². The van der Waals surface area contributed by atoms with E-state index in [4.69, 9.17) is 0 Å². The molecule has 1 amide bonds. The van der Waals surface area contributed by atoms with Crippen LogP contribution in [0.1, 0.15) is 44.1 Å². The molecule has 2 N–H and O–H groups in total. The van der Waals surface area contributed by atoms with Crippen LogP contribution in [0.5, 0.6) is 0 Å². The standard InChI is InChI=1S/C15H21N3O/c1-10(2)8-9-11(3)16-15(19)14-12-6-4-5-7-13(12)17-18-14/h4-7,10-11H,8-9H2,1-3H3,(H,16,19)(H,17,18). The highest BCUT2D eigenvalue weighted by atomic mass is 16.2. The lowest BCUT2D eigenvalue weighted by Gasteiger charge is -2.14. The second-order valence-corrected chi connectivity index (χ2v) is 5.46. The first-order valence-electron chi connectivity index (χ1n) is 6.82. The molecular formula is C15H21N3O. The van der Waals surface area contributed by atoms with Crippen molar-refractivity contribution in [1.29, 1.82) is 0 Å². The van der Waals surface area contributed by atoms with Crippen molar-refractivity contribution in [2.45, 2.75) is 39.7 Å². The third-order valence-corrected chi connectivity index (χ3v) is 3.24. The quantitative estimate of drug-likeness (QED) is 0.866. The number of carbonyl (C=O) groups is 1. The van der Waals surface area contributed by atoms with Crippen LogP contribution in [0.15, 0.2) is 24.3 Å². The van der Waals surface area contributed by atoms with Gasteiger partial charge in [-0.1, -0.05) is 32.0 Å². The molecule has 19 heavy (non-hydrogen) atoms. The number of aromatic nitrogens is 2. The molecule has 1 unspecified atom stereocenters. The highest BCUT2D eigenvalue weighted by molar-refractivity contribution is 6.04. The molecule has 1 aromatic carbocycles. The second kappa shape index (κ2) is 5.87. The first kappa shape index (κ1) is 13.6. The van der Waals surface area contributed by atoms with E-state index in [9.17, 15) is 4.79 Å². The third-order valence-electron chi connectivity index (χ3n) is 3.24. The SMILES string of the molecule is CC(C)CCC(C)NC(=O)c1n[nH]c2ccccc12. The number of aromatic amines is 1. The number of para-hydroxylation sites is 1. The number of fused-ring (bicyclic) bond motifs is 1. The van der Waals surface area contributed by atoms with Crippen LogP contribution in [0.3, 0.4) is 0 Å². The fourth-order valence-corrected chi connectivity index (χ4v) is 2.08. The van der Waals surface area contributed by atoms with Gasteiger partial charge >= 0.3 is 0 Å². The zero-order valence-corrected chi connectivity index (χ0v) is 11.7. The van der Waals surface area contributed by atoms with Crippen molar-refractivity contribution in [1.82, 2.24) is 15.5 Å². The van der Waals surface area contributed by atoms with Crippen molar-refractivity contribution in [3.8, 4) is 0 Å². The molecule has 1 heterocycles. The van der Waals surface area contributed by atoms with Gasteiger partial charge in [-0.3, -0.25) is 9.89 Å². The van der Waals surface area contributed by atoms with Crippen molar-refractivity contribution in [2.24, 2.45) is 5.92 Å². The molecule has 2 rings (SSSR count). The van der Waals surface area contributed by atoms with E-state index in [1.54, 1.807) is 0 Å². The molecule has 4 nitrogen and oxygen atoms in total. The smallest absolute Gasteiger partial charge is 0.272 e. The average molecular weight is 259 g/mol. The Kier molecular flexibility index (Phi) is 4.20. The zero-order valence-electron chi connectivity index (χ0n) is 11.7.